The molecule has 0 bridgehead atoms. The number of hydrogen-bond donors (Lipinski definition) is 2. The minimum absolute atomic E-state index is 0.0337. The van der Waals surface area contributed by atoms with Gasteiger partial charge in [0.1, 0.15) is 11.3 Å². The van der Waals surface area contributed by atoms with E-state index in [4.69, 9.17) is 0 Å². The lowest BCUT2D eigenvalue weighted by Gasteiger charge is -2.08. The Bertz CT molecular complexity index is 901. The fourth-order valence-electron chi connectivity index (χ4n) is 2.38. The fraction of sp³-hybridized carbons (Fsp3) is 0.125. The van der Waals surface area contributed by atoms with Crippen molar-refractivity contribution in [3.63, 3.8) is 0 Å². The van der Waals surface area contributed by atoms with Crippen LogP contribution in [0.2, 0.25) is 0 Å². The molecule has 0 aliphatic rings. The lowest BCUT2D eigenvalue weighted by molar-refractivity contribution is 0.0696. The standard InChI is InChI=1S/C16H14N4O3/c1-17-15(21)13-8-10(16(22)23)7-11(19-13)9-12-3-2-4-14-18-5-6-20(12)14/h2-8H,9H2,1H3,(H,17,21)(H,22,23). The van der Waals surface area contributed by atoms with Crippen LogP contribution in [0.1, 0.15) is 32.2 Å². The third-order valence-corrected chi connectivity index (χ3v) is 3.46. The fourth-order valence-corrected chi connectivity index (χ4v) is 2.38. The van der Waals surface area contributed by atoms with E-state index >= 15 is 0 Å². The largest absolute Gasteiger partial charge is 0.478 e. The van der Waals surface area contributed by atoms with Crippen molar-refractivity contribution in [3.05, 3.63) is 65.4 Å². The molecule has 1 amide bonds. The maximum absolute atomic E-state index is 11.8. The molecule has 0 unspecified atom stereocenters. The summed E-state index contributed by atoms with van der Waals surface area (Å²) in [5.74, 6) is -1.52. The van der Waals surface area contributed by atoms with Gasteiger partial charge in [0.15, 0.2) is 0 Å². The van der Waals surface area contributed by atoms with Gasteiger partial charge in [-0.3, -0.25) is 4.79 Å². The zero-order valence-electron chi connectivity index (χ0n) is 12.4. The average Bonchev–Trinajstić information content (AvgIpc) is 3.03. The van der Waals surface area contributed by atoms with Crippen molar-refractivity contribution < 1.29 is 14.7 Å². The molecule has 0 radical (unpaired) electrons. The number of aromatic nitrogens is 3. The Hall–Kier alpha value is -3.22. The smallest absolute Gasteiger partial charge is 0.335 e. The maximum Gasteiger partial charge on any atom is 0.335 e. The molecule has 0 aliphatic carbocycles. The molecular weight excluding hydrogens is 296 g/mol. The number of aromatic carboxylic acids is 1. The van der Waals surface area contributed by atoms with Gasteiger partial charge in [0.05, 0.1) is 5.56 Å². The normalized spacial score (nSPS) is 10.7. The summed E-state index contributed by atoms with van der Waals surface area (Å²) in [6.07, 6.45) is 3.90. The molecule has 3 heterocycles. The predicted octanol–water partition coefficient (Wildman–Crippen LogP) is 1.38. The SMILES string of the molecule is CNC(=O)c1cc(C(=O)O)cc(Cc2cccc3nccn23)n1. The Morgan fingerprint density at radius 3 is 2.87 bits per heavy atom. The quantitative estimate of drug-likeness (QED) is 0.759. The summed E-state index contributed by atoms with van der Waals surface area (Å²) in [6.45, 7) is 0. The van der Waals surface area contributed by atoms with Crippen LogP contribution in [0.25, 0.3) is 5.65 Å². The van der Waals surface area contributed by atoms with Gasteiger partial charge >= 0.3 is 5.97 Å². The zero-order valence-corrected chi connectivity index (χ0v) is 12.4. The molecule has 0 saturated carbocycles. The summed E-state index contributed by atoms with van der Waals surface area (Å²) >= 11 is 0. The molecule has 0 aromatic carbocycles. The number of imidazole rings is 1. The van der Waals surface area contributed by atoms with Gasteiger partial charge in [-0.05, 0) is 24.3 Å². The molecule has 0 saturated heterocycles. The number of fused-ring (bicyclic) bond motifs is 1. The molecule has 0 fully saturated rings. The second kappa shape index (κ2) is 5.88. The Labute approximate surface area is 131 Å². The number of carbonyl (C=O) groups is 2. The summed E-state index contributed by atoms with van der Waals surface area (Å²) in [5.41, 5.74) is 2.32. The van der Waals surface area contributed by atoms with Gasteiger partial charge in [0, 0.05) is 37.3 Å². The van der Waals surface area contributed by atoms with Gasteiger partial charge in [-0.25, -0.2) is 14.8 Å². The number of hydrogen-bond acceptors (Lipinski definition) is 4. The Morgan fingerprint density at radius 1 is 1.30 bits per heavy atom. The summed E-state index contributed by atoms with van der Waals surface area (Å²) < 4.78 is 1.90. The van der Waals surface area contributed by atoms with E-state index in [1.807, 2.05) is 28.8 Å². The highest BCUT2D eigenvalue weighted by Crippen LogP contribution is 2.13. The number of carbonyl (C=O) groups excluding carboxylic acids is 1. The molecule has 3 aromatic heterocycles. The summed E-state index contributed by atoms with van der Waals surface area (Å²) in [6, 6.07) is 8.40. The van der Waals surface area contributed by atoms with Crippen molar-refractivity contribution in [1.29, 1.82) is 0 Å². The molecular formula is C16H14N4O3. The van der Waals surface area contributed by atoms with Crippen molar-refractivity contribution in [2.75, 3.05) is 7.05 Å². The van der Waals surface area contributed by atoms with Crippen LogP contribution in [-0.4, -0.2) is 38.4 Å². The first-order valence-electron chi connectivity index (χ1n) is 6.96. The average molecular weight is 310 g/mol. The van der Waals surface area contributed by atoms with Crippen LogP contribution in [0.15, 0.2) is 42.7 Å². The van der Waals surface area contributed by atoms with Gasteiger partial charge in [0.25, 0.3) is 5.91 Å². The van der Waals surface area contributed by atoms with Crippen LogP contribution >= 0.6 is 0 Å². The number of rotatable bonds is 4. The van der Waals surface area contributed by atoms with Crippen molar-refractivity contribution >= 4 is 17.5 Å². The van der Waals surface area contributed by atoms with Crippen LogP contribution in [0.3, 0.4) is 0 Å². The van der Waals surface area contributed by atoms with E-state index in [0.29, 0.717) is 12.1 Å². The molecule has 2 N–H and O–H groups in total. The molecule has 116 valence electrons. The Morgan fingerprint density at radius 2 is 2.13 bits per heavy atom. The van der Waals surface area contributed by atoms with Gasteiger partial charge in [-0.1, -0.05) is 6.07 Å². The lowest BCUT2D eigenvalue weighted by atomic mass is 10.1. The van der Waals surface area contributed by atoms with Crippen LogP contribution in [0.5, 0.6) is 0 Å². The summed E-state index contributed by atoms with van der Waals surface area (Å²) in [5, 5.41) is 11.7. The van der Waals surface area contributed by atoms with Crippen LogP contribution in [0.4, 0.5) is 0 Å². The Kier molecular flexibility index (Phi) is 3.76. The van der Waals surface area contributed by atoms with Gasteiger partial charge in [0.2, 0.25) is 0 Å². The van der Waals surface area contributed by atoms with Crippen LogP contribution in [0, 0.1) is 0 Å². The molecule has 7 nitrogen and oxygen atoms in total. The van der Waals surface area contributed by atoms with Crippen molar-refractivity contribution in [2.45, 2.75) is 6.42 Å². The number of nitrogens with zero attached hydrogens (tertiary/aromatic N) is 3. The molecule has 7 heteroatoms. The number of nitrogens with one attached hydrogen (secondary N) is 1. The van der Waals surface area contributed by atoms with Gasteiger partial charge in [-0.15, -0.1) is 0 Å². The van der Waals surface area contributed by atoms with Crippen LogP contribution < -0.4 is 5.32 Å². The molecule has 0 spiro atoms. The van der Waals surface area contributed by atoms with Crippen molar-refractivity contribution in [3.8, 4) is 0 Å². The number of pyridine rings is 2. The highest BCUT2D eigenvalue weighted by Gasteiger charge is 2.14. The monoisotopic (exact) mass is 310 g/mol. The highest BCUT2D eigenvalue weighted by atomic mass is 16.4. The first-order chi connectivity index (χ1) is 11.1. The van der Waals surface area contributed by atoms with Crippen molar-refractivity contribution in [1.82, 2.24) is 19.7 Å². The number of amides is 1. The Balaban J connectivity index is 2.05. The van der Waals surface area contributed by atoms with E-state index in [-0.39, 0.29) is 11.3 Å². The minimum atomic E-state index is -1.10. The topological polar surface area (TPSA) is 96.6 Å². The number of carboxylic acid groups (broad SMARTS) is 1. The summed E-state index contributed by atoms with van der Waals surface area (Å²) in [7, 11) is 1.48. The van der Waals surface area contributed by atoms with Gasteiger partial charge in [-0.2, -0.15) is 0 Å². The van der Waals surface area contributed by atoms with E-state index in [1.165, 1.54) is 19.2 Å². The first kappa shape index (κ1) is 14.7. The zero-order chi connectivity index (χ0) is 16.4. The van der Waals surface area contributed by atoms with E-state index in [0.717, 1.165) is 11.3 Å². The molecule has 3 rings (SSSR count). The maximum atomic E-state index is 11.8. The highest BCUT2D eigenvalue weighted by molar-refractivity contribution is 5.95. The predicted molar refractivity (Wildman–Crippen MR) is 82.6 cm³/mol. The molecule has 23 heavy (non-hydrogen) atoms. The number of carboxylic acids is 1. The molecule has 0 atom stereocenters. The molecule has 3 aromatic rings. The first-order valence-corrected chi connectivity index (χ1v) is 6.96. The van der Waals surface area contributed by atoms with Crippen LogP contribution in [-0.2, 0) is 6.42 Å². The molecule has 0 aliphatic heterocycles. The van der Waals surface area contributed by atoms with Crippen molar-refractivity contribution in [2.24, 2.45) is 0 Å². The lowest BCUT2D eigenvalue weighted by Crippen LogP contribution is -2.20. The third kappa shape index (κ3) is 2.89. The van der Waals surface area contributed by atoms with E-state index in [9.17, 15) is 14.7 Å². The second-order valence-electron chi connectivity index (χ2n) is 4.97. The van der Waals surface area contributed by atoms with E-state index in [2.05, 4.69) is 15.3 Å². The van der Waals surface area contributed by atoms with E-state index < -0.39 is 11.9 Å². The second-order valence-corrected chi connectivity index (χ2v) is 4.97. The van der Waals surface area contributed by atoms with Gasteiger partial charge < -0.3 is 14.8 Å². The van der Waals surface area contributed by atoms with E-state index in [1.54, 1.807) is 6.20 Å². The minimum Gasteiger partial charge on any atom is -0.478 e. The summed E-state index contributed by atoms with van der Waals surface area (Å²) in [4.78, 5) is 31.5. The third-order valence-electron chi connectivity index (χ3n) is 3.46.